The van der Waals surface area contributed by atoms with Crippen LogP contribution in [-0.2, 0) is 18.3 Å². The molecule has 15 heavy (non-hydrogen) atoms. The van der Waals surface area contributed by atoms with E-state index in [-0.39, 0.29) is 0 Å². The fourth-order valence-corrected chi connectivity index (χ4v) is 2.21. The number of tetrazole rings is 1. The summed E-state index contributed by atoms with van der Waals surface area (Å²) in [5.74, 6) is -0.200. The smallest absolute Gasteiger partial charge is 0.310 e. The number of carboxylic acids is 1. The molecule has 0 bridgehead atoms. The van der Waals surface area contributed by atoms with Crippen LogP contribution in [0, 0.1) is 5.41 Å². The number of hydrogen-bond acceptors (Lipinski definition) is 4. The van der Waals surface area contributed by atoms with Gasteiger partial charge in [-0.3, -0.25) is 4.79 Å². The van der Waals surface area contributed by atoms with Gasteiger partial charge in [0.15, 0.2) is 5.82 Å². The van der Waals surface area contributed by atoms with Crippen molar-refractivity contribution in [3.05, 3.63) is 5.82 Å². The Hall–Kier alpha value is -1.46. The SMILES string of the molecule is Cn1nnc(CC2(C(=O)O)CCCC2)n1. The van der Waals surface area contributed by atoms with E-state index >= 15 is 0 Å². The van der Waals surface area contributed by atoms with E-state index in [9.17, 15) is 9.90 Å². The van der Waals surface area contributed by atoms with Crippen molar-refractivity contribution in [2.75, 3.05) is 0 Å². The normalized spacial score (nSPS) is 19.3. The van der Waals surface area contributed by atoms with E-state index in [0.29, 0.717) is 12.2 Å². The van der Waals surface area contributed by atoms with Crippen molar-refractivity contribution < 1.29 is 9.90 Å². The fourth-order valence-electron chi connectivity index (χ4n) is 2.21. The van der Waals surface area contributed by atoms with Crippen LogP contribution in [0.3, 0.4) is 0 Å². The van der Waals surface area contributed by atoms with Crippen LogP contribution in [0.5, 0.6) is 0 Å². The minimum atomic E-state index is -0.729. The lowest BCUT2D eigenvalue weighted by atomic mass is 9.82. The van der Waals surface area contributed by atoms with Gasteiger partial charge in [0.05, 0.1) is 12.5 Å². The van der Waals surface area contributed by atoms with Crippen LogP contribution in [0.15, 0.2) is 0 Å². The van der Waals surface area contributed by atoms with Gasteiger partial charge in [-0.1, -0.05) is 12.8 Å². The summed E-state index contributed by atoms with van der Waals surface area (Å²) in [6.07, 6.45) is 3.80. The van der Waals surface area contributed by atoms with Crippen LogP contribution in [0.2, 0.25) is 0 Å². The van der Waals surface area contributed by atoms with Crippen molar-refractivity contribution in [1.29, 1.82) is 0 Å². The van der Waals surface area contributed by atoms with E-state index in [4.69, 9.17) is 0 Å². The Kier molecular flexibility index (Phi) is 2.42. The molecular weight excluding hydrogens is 196 g/mol. The molecule has 6 heteroatoms. The number of aryl methyl sites for hydroxylation is 1. The molecule has 0 saturated heterocycles. The largest absolute Gasteiger partial charge is 0.481 e. The average molecular weight is 210 g/mol. The van der Waals surface area contributed by atoms with Crippen LogP contribution in [-0.4, -0.2) is 31.3 Å². The second-order valence-electron chi connectivity index (χ2n) is 4.16. The summed E-state index contributed by atoms with van der Waals surface area (Å²) in [6, 6.07) is 0. The van der Waals surface area contributed by atoms with Crippen molar-refractivity contribution in [3.63, 3.8) is 0 Å². The first kappa shape index (κ1) is 10.1. The van der Waals surface area contributed by atoms with E-state index in [1.807, 2.05) is 0 Å². The van der Waals surface area contributed by atoms with Crippen molar-refractivity contribution in [3.8, 4) is 0 Å². The van der Waals surface area contributed by atoms with E-state index in [1.165, 1.54) is 4.80 Å². The highest BCUT2D eigenvalue weighted by Crippen LogP contribution is 2.40. The number of rotatable bonds is 3. The number of carboxylic acid groups (broad SMARTS) is 1. The Labute approximate surface area is 87.3 Å². The Bertz CT molecular complexity index is 368. The molecule has 1 fully saturated rings. The maximum atomic E-state index is 11.3. The molecule has 1 N–H and O–H groups in total. The summed E-state index contributed by atoms with van der Waals surface area (Å²) < 4.78 is 0. The van der Waals surface area contributed by atoms with E-state index in [2.05, 4.69) is 15.4 Å². The highest BCUT2D eigenvalue weighted by molar-refractivity contribution is 5.75. The van der Waals surface area contributed by atoms with Gasteiger partial charge in [0.2, 0.25) is 0 Å². The molecule has 0 atom stereocenters. The minimum Gasteiger partial charge on any atom is -0.481 e. The van der Waals surface area contributed by atoms with Gasteiger partial charge in [-0.15, -0.1) is 10.2 Å². The predicted molar refractivity (Wildman–Crippen MR) is 51.0 cm³/mol. The quantitative estimate of drug-likeness (QED) is 0.780. The fraction of sp³-hybridized carbons (Fsp3) is 0.778. The Morgan fingerprint density at radius 2 is 2.20 bits per heavy atom. The number of aliphatic carboxylic acids is 1. The maximum absolute atomic E-state index is 11.3. The zero-order chi connectivity index (χ0) is 10.9. The lowest BCUT2D eigenvalue weighted by molar-refractivity contribution is -0.148. The van der Waals surface area contributed by atoms with Gasteiger partial charge >= 0.3 is 5.97 Å². The molecule has 0 unspecified atom stereocenters. The molecule has 1 heterocycles. The standard InChI is InChI=1S/C9H14N4O2/c1-13-11-7(10-12-13)6-9(8(14)15)4-2-3-5-9/h2-6H2,1H3,(H,14,15). The van der Waals surface area contributed by atoms with Crippen LogP contribution in [0.4, 0.5) is 0 Å². The van der Waals surface area contributed by atoms with Gasteiger partial charge < -0.3 is 5.11 Å². The molecule has 1 aromatic rings. The Morgan fingerprint density at radius 3 is 2.67 bits per heavy atom. The number of carbonyl (C=O) groups is 1. The molecule has 1 aliphatic carbocycles. The van der Waals surface area contributed by atoms with E-state index < -0.39 is 11.4 Å². The van der Waals surface area contributed by atoms with Gasteiger partial charge in [0, 0.05) is 6.42 Å². The van der Waals surface area contributed by atoms with Gasteiger partial charge in [-0.05, 0) is 18.1 Å². The summed E-state index contributed by atoms with van der Waals surface area (Å²) >= 11 is 0. The molecule has 1 saturated carbocycles. The van der Waals surface area contributed by atoms with E-state index in [0.717, 1.165) is 25.7 Å². The zero-order valence-corrected chi connectivity index (χ0v) is 8.68. The number of hydrogen-bond donors (Lipinski definition) is 1. The molecule has 0 aromatic carbocycles. The van der Waals surface area contributed by atoms with Crippen molar-refractivity contribution in [2.24, 2.45) is 12.5 Å². The Balaban J connectivity index is 2.17. The van der Waals surface area contributed by atoms with Gasteiger partial charge in [-0.2, -0.15) is 4.80 Å². The molecule has 82 valence electrons. The minimum absolute atomic E-state index is 0.399. The van der Waals surface area contributed by atoms with Crippen LogP contribution in [0.25, 0.3) is 0 Å². The maximum Gasteiger partial charge on any atom is 0.310 e. The summed E-state index contributed by atoms with van der Waals surface area (Å²) in [4.78, 5) is 12.6. The first-order valence-corrected chi connectivity index (χ1v) is 5.09. The lowest BCUT2D eigenvalue weighted by Gasteiger charge is -2.21. The first-order chi connectivity index (χ1) is 7.12. The van der Waals surface area contributed by atoms with Crippen molar-refractivity contribution in [1.82, 2.24) is 20.2 Å². The third kappa shape index (κ3) is 1.84. The van der Waals surface area contributed by atoms with Crippen LogP contribution in [0.1, 0.15) is 31.5 Å². The monoisotopic (exact) mass is 210 g/mol. The van der Waals surface area contributed by atoms with Crippen LogP contribution >= 0.6 is 0 Å². The second-order valence-corrected chi connectivity index (χ2v) is 4.16. The molecule has 2 rings (SSSR count). The summed E-state index contributed by atoms with van der Waals surface area (Å²) in [7, 11) is 1.68. The summed E-state index contributed by atoms with van der Waals surface area (Å²) in [6.45, 7) is 0. The number of nitrogens with zero attached hydrogens (tertiary/aromatic N) is 4. The summed E-state index contributed by atoms with van der Waals surface area (Å²) in [5.41, 5.74) is -0.650. The molecule has 0 spiro atoms. The molecule has 0 aliphatic heterocycles. The summed E-state index contributed by atoms with van der Waals surface area (Å²) in [5, 5.41) is 20.8. The van der Waals surface area contributed by atoms with Crippen LogP contribution < -0.4 is 0 Å². The second kappa shape index (κ2) is 3.60. The molecule has 6 nitrogen and oxygen atoms in total. The third-order valence-electron chi connectivity index (χ3n) is 3.06. The van der Waals surface area contributed by atoms with Crippen molar-refractivity contribution in [2.45, 2.75) is 32.1 Å². The topological polar surface area (TPSA) is 80.9 Å². The predicted octanol–water partition coefficient (Wildman–Crippen LogP) is 0.398. The average Bonchev–Trinajstić information content (AvgIpc) is 2.77. The lowest BCUT2D eigenvalue weighted by Crippen LogP contribution is -2.30. The van der Waals surface area contributed by atoms with Crippen molar-refractivity contribution >= 4 is 5.97 Å². The van der Waals surface area contributed by atoms with Gasteiger partial charge in [-0.25, -0.2) is 0 Å². The highest BCUT2D eigenvalue weighted by Gasteiger charge is 2.42. The van der Waals surface area contributed by atoms with E-state index in [1.54, 1.807) is 7.05 Å². The third-order valence-corrected chi connectivity index (χ3v) is 3.06. The molecule has 1 aliphatic rings. The molecule has 0 radical (unpaired) electrons. The van der Waals surface area contributed by atoms with Gasteiger partial charge in [0.1, 0.15) is 0 Å². The van der Waals surface area contributed by atoms with Gasteiger partial charge in [0.25, 0.3) is 0 Å². The molecular formula is C9H14N4O2. The highest BCUT2D eigenvalue weighted by atomic mass is 16.4. The molecule has 0 amide bonds. The zero-order valence-electron chi connectivity index (χ0n) is 8.68. The Morgan fingerprint density at radius 1 is 1.53 bits per heavy atom. The first-order valence-electron chi connectivity index (χ1n) is 5.09. The number of aromatic nitrogens is 4. The molecule has 1 aromatic heterocycles.